The molecule has 1 aromatic carbocycles. The van der Waals surface area contributed by atoms with E-state index in [9.17, 15) is 9.90 Å². The number of piperidine rings is 1. The Morgan fingerprint density at radius 2 is 1.88 bits per heavy atom. The molecule has 1 heterocycles. The molecule has 2 fully saturated rings. The molecule has 0 radical (unpaired) electrons. The molecular formula is C21H32N2O3. The first-order chi connectivity index (χ1) is 12.6. The number of hydrogen-bond acceptors (Lipinski definition) is 4. The van der Waals surface area contributed by atoms with Crippen molar-refractivity contribution in [2.45, 2.75) is 56.9 Å². The van der Waals surface area contributed by atoms with Crippen molar-refractivity contribution >= 4 is 5.91 Å². The van der Waals surface area contributed by atoms with Crippen LogP contribution >= 0.6 is 0 Å². The van der Waals surface area contributed by atoms with Crippen LogP contribution in [0.1, 0.15) is 37.7 Å². The second-order valence-electron chi connectivity index (χ2n) is 7.81. The van der Waals surface area contributed by atoms with Crippen molar-refractivity contribution in [3.63, 3.8) is 0 Å². The van der Waals surface area contributed by atoms with Gasteiger partial charge in [0.05, 0.1) is 12.2 Å². The van der Waals surface area contributed by atoms with E-state index in [1.165, 1.54) is 5.56 Å². The van der Waals surface area contributed by atoms with Crippen LogP contribution < -0.4 is 0 Å². The third-order valence-corrected chi connectivity index (χ3v) is 6.08. The Hall–Kier alpha value is -1.43. The van der Waals surface area contributed by atoms with Crippen molar-refractivity contribution < 1.29 is 14.6 Å². The maximum Gasteiger partial charge on any atom is 0.225 e. The minimum atomic E-state index is -0.429. The van der Waals surface area contributed by atoms with Gasteiger partial charge in [-0.15, -0.1) is 0 Å². The van der Waals surface area contributed by atoms with Gasteiger partial charge in [-0.25, -0.2) is 0 Å². The summed E-state index contributed by atoms with van der Waals surface area (Å²) in [5.74, 6) is 0.255. The lowest BCUT2D eigenvalue weighted by molar-refractivity contribution is -0.142. The molecule has 1 aliphatic heterocycles. The van der Waals surface area contributed by atoms with Gasteiger partial charge in [-0.2, -0.15) is 0 Å². The number of nitrogens with zero attached hydrogens (tertiary/aromatic N) is 2. The number of carbonyl (C=O) groups is 1. The molecule has 1 saturated carbocycles. The molecule has 1 aromatic rings. The molecule has 0 unspecified atom stereocenters. The zero-order valence-corrected chi connectivity index (χ0v) is 16.0. The predicted molar refractivity (Wildman–Crippen MR) is 102 cm³/mol. The number of likely N-dealkylation sites (tertiary alicyclic amines) is 1. The van der Waals surface area contributed by atoms with Gasteiger partial charge in [0.15, 0.2) is 0 Å². The first-order valence-electron chi connectivity index (χ1n) is 9.82. The highest BCUT2D eigenvalue weighted by Gasteiger charge is 2.36. The van der Waals surface area contributed by atoms with E-state index >= 15 is 0 Å². The van der Waals surface area contributed by atoms with E-state index in [0.29, 0.717) is 18.9 Å². The summed E-state index contributed by atoms with van der Waals surface area (Å²) in [6.45, 7) is 2.62. The van der Waals surface area contributed by atoms with Crippen LogP contribution in [0.5, 0.6) is 0 Å². The Kier molecular flexibility index (Phi) is 6.68. The molecule has 1 N–H and O–H groups in total. The molecule has 3 rings (SSSR count). The molecule has 3 atom stereocenters. The molecule has 5 heteroatoms. The first kappa shape index (κ1) is 19.3. The van der Waals surface area contributed by atoms with Crippen molar-refractivity contribution in [3.8, 4) is 0 Å². The van der Waals surface area contributed by atoms with Crippen LogP contribution in [-0.2, 0) is 16.1 Å². The highest BCUT2D eigenvalue weighted by molar-refractivity contribution is 5.79. The quantitative estimate of drug-likeness (QED) is 0.875. The number of carbonyl (C=O) groups excluding carboxylic acids is 1. The number of rotatable bonds is 5. The Morgan fingerprint density at radius 3 is 2.54 bits per heavy atom. The summed E-state index contributed by atoms with van der Waals surface area (Å²) in [6.07, 6.45) is 3.49. The molecule has 144 valence electrons. The molecule has 0 spiro atoms. The number of hydrogen-bond donors (Lipinski definition) is 1. The van der Waals surface area contributed by atoms with Gasteiger partial charge in [-0.05, 0) is 44.7 Å². The van der Waals surface area contributed by atoms with Crippen LogP contribution in [0, 0.1) is 5.92 Å². The largest absolute Gasteiger partial charge is 0.390 e. The zero-order chi connectivity index (χ0) is 18.5. The number of methoxy groups -OCH3 is 1. The van der Waals surface area contributed by atoms with Gasteiger partial charge in [0.1, 0.15) is 0 Å². The predicted octanol–water partition coefficient (Wildman–Crippen LogP) is 2.29. The van der Waals surface area contributed by atoms with Crippen molar-refractivity contribution in [3.05, 3.63) is 35.9 Å². The smallest absolute Gasteiger partial charge is 0.225 e. The lowest BCUT2D eigenvalue weighted by Gasteiger charge is -2.39. The van der Waals surface area contributed by atoms with E-state index in [1.54, 1.807) is 7.11 Å². The fourth-order valence-electron chi connectivity index (χ4n) is 4.38. The Balaban J connectivity index is 1.48. The summed E-state index contributed by atoms with van der Waals surface area (Å²) < 4.78 is 5.35. The molecule has 1 aliphatic carbocycles. The molecule has 5 nitrogen and oxygen atoms in total. The second-order valence-corrected chi connectivity index (χ2v) is 7.81. The van der Waals surface area contributed by atoms with Gasteiger partial charge in [0.2, 0.25) is 5.91 Å². The molecule has 26 heavy (non-hydrogen) atoms. The van der Waals surface area contributed by atoms with Crippen molar-refractivity contribution in [2.24, 2.45) is 5.92 Å². The van der Waals surface area contributed by atoms with Gasteiger partial charge in [0, 0.05) is 38.7 Å². The number of aliphatic hydroxyl groups excluding tert-OH is 1. The fourth-order valence-corrected chi connectivity index (χ4v) is 4.38. The molecule has 1 saturated heterocycles. The third kappa shape index (κ3) is 4.64. The maximum atomic E-state index is 12.9. The molecule has 2 aliphatic rings. The first-order valence-corrected chi connectivity index (χ1v) is 9.82. The maximum absolute atomic E-state index is 12.9. The number of ether oxygens (including phenoxy) is 1. The van der Waals surface area contributed by atoms with Crippen LogP contribution in [0.3, 0.4) is 0 Å². The second kappa shape index (κ2) is 8.98. The van der Waals surface area contributed by atoms with Crippen LogP contribution in [0.15, 0.2) is 30.3 Å². The third-order valence-electron chi connectivity index (χ3n) is 6.08. The summed E-state index contributed by atoms with van der Waals surface area (Å²) in [6, 6.07) is 11.1. The highest BCUT2D eigenvalue weighted by Crippen LogP contribution is 2.29. The lowest BCUT2D eigenvalue weighted by Crippen LogP contribution is -2.49. The van der Waals surface area contributed by atoms with Crippen molar-refractivity contribution in [1.29, 1.82) is 0 Å². The monoisotopic (exact) mass is 360 g/mol. The highest BCUT2D eigenvalue weighted by atomic mass is 16.5. The van der Waals surface area contributed by atoms with Gasteiger partial charge in [0.25, 0.3) is 0 Å². The summed E-state index contributed by atoms with van der Waals surface area (Å²) in [5.41, 5.74) is 1.33. The standard InChI is InChI=1S/C21H32N2O3/c1-22(15-16-6-4-3-5-7-16)18-10-12-23(13-11-18)21(25)17-8-9-19(24)20(14-17)26-2/h3-7,17-20,24H,8-15H2,1-2H3/t17-,19+,20-/m1/s1. The average molecular weight is 360 g/mol. The summed E-state index contributed by atoms with van der Waals surface area (Å²) in [4.78, 5) is 17.3. The van der Waals surface area contributed by atoms with Crippen LogP contribution in [-0.4, -0.2) is 66.3 Å². The van der Waals surface area contributed by atoms with Crippen molar-refractivity contribution in [1.82, 2.24) is 9.80 Å². The van der Waals surface area contributed by atoms with E-state index in [0.717, 1.165) is 38.9 Å². The zero-order valence-electron chi connectivity index (χ0n) is 16.0. The SMILES string of the molecule is CO[C@@H]1C[C@H](C(=O)N2CCC(N(C)Cc3ccccc3)CC2)CC[C@@H]1O. The molecule has 1 amide bonds. The van der Waals surface area contributed by atoms with Crippen LogP contribution in [0.25, 0.3) is 0 Å². The molecule has 0 aromatic heterocycles. The minimum Gasteiger partial charge on any atom is -0.390 e. The summed E-state index contributed by atoms with van der Waals surface area (Å²) in [5, 5.41) is 9.94. The van der Waals surface area contributed by atoms with Gasteiger partial charge < -0.3 is 14.7 Å². The number of aliphatic hydroxyl groups is 1. The number of amides is 1. The van der Waals surface area contributed by atoms with E-state index in [-0.39, 0.29) is 17.9 Å². The molecule has 0 bridgehead atoms. The van der Waals surface area contributed by atoms with E-state index in [4.69, 9.17) is 4.74 Å². The number of benzene rings is 1. The minimum absolute atomic E-state index is 0.00180. The van der Waals surface area contributed by atoms with Gasteiger partial charge in [-0.1, -0.05) is 30.3 Å². The molecular weight excluding hydrogens is 328 g/mol. The van der Waals surface area contributed by atoms with E-state index < -0.39 is 6.10 Å². The topological polar surface area (TPSA) is 53.0 Å². The average Bonchev–Trinajstić information content (AvgIpc) is 2.68. The lowest BCUT2D eigenvalue weighted by atomic mass is 9.84. The van der Waals surface area contributed by atoms with Crippen LogP contribution in [0.4, 0.5) is 0 Å². The fraction of sp³-hybridized carbons (Fsp3) is 0.667. The Bertz CT molecular complexity index is 572. The van der Waals surface area contributed by atoms with E-state index in [2.05, 4.69) is 36.2 Å². The Labute approximate surface area is 156 Å². The summed E-state index contributed by atoms with van der Waals surface area (Å²) in [7, 11) is 3.80. The normalized spacial score (nSPS) is 27.7. The van der Waals surface area contributed by atoms with Crippen LogP contribution in [0.2, 0.25) is 0 Å². The van der Waals surface area contributed by atoms with Gasteiger partial charge in [-0.3, -0.25) is 9.69 Å². The summed E-state index contributed by atoms with van der Waals surface area (Å²) >= 11 is 0. The Morgan fingerprint density at radius 1 is 1.19 bits per heavy atom. The van der Waals surface area contributed by atoms with Crippen molar-refractivity contribution in [2.75, 3.05) is 27.2 Å². The van der Waals surface area contributed by atoms with Gasteiger partial charge >= 0.3 is 0 Å². The van der Waals surface area contributed by atoms with E-state index in [1.807, 2.05) is 11.0 Å².